The lowest BCUT2D eigenvalue weighted by Crippen LogP contribution is -2.18. The zero-order chi connectivity index (χ0) is 10.7. The maximum absolute atomic E-state index is 13.1. The van der Waals surface area contributed by atoms with Crippen LogP contribution >= 0.6 is 0 Å². The van der Waals surface area contributed by atoms with Crippen molar-refractivity contribution in [2.24, 2.45) is 0 Å². The van der Waals surface area contributed by atoms with E-state index >= 15 is 0 Å². The standard InChI is InChI=1S/C11H17FN2/c1-8(13-2)10-7-9(12)5-6-11(10)14(3)4/h5-8,13H,1-4H3. The summed E-state index contributed by atoms with van der Waals surface area (Å²) >= 11 is 0. The van der Waals surface area contributed by atoms with Crippen molar-refractivity contribution in [2.45, 2.75) is 13.0 Å². The average Bonchev–Trinajstić information content (AvgIpc) is 2.16. The molecule has 0 aliphatic heterocycles. The van der Waals surface area contributed by atoms with Gasteiger partial charge in [-0.2, -0.15) is 0 Å². The molecule has 0 spiro atoms. The van der Waals surface area contributed by atoms with Gasteiger partial charge in [0.05, 0.1) is 0 Å². The number of nitrogens with one attached hydrogen (secondary N) is 1. The molecule has 0 aliphatic carbocycles. The molecule has 0 bridgehead atoms. The first-order valence-electron chi connectivity index (χ1n) is 4.70. The van der Waals surface area contributed by atoms with Gasteiger partial charge < -0.3 is 10.2 Å². The van der Waals surface area contributed by atoms with Crippen LogP contribution in [0, 0.1) is 5.82 Å². The lowest BCUT2D eigenvalue weighted by atomic mass is 10.1. The van der Waals surface area contributed by atoms with Crippen LogP contribution < -0.4 is 10.2 Å². The molecule has 0 heterocycles. The summed E-state index contributed by atoms with van der Waals surface area (Å²) in [5.41, 5.74) is 2.03. The number of hydrogen-bond acceptors (Lipinski definition) is 2. The Morgan fingerprint density at radius 2 is 2.00 bits per heavy atom. The third-order valence-electron chi connectivity index (χ3n) is 2.37. The van der Waals surface area contributed by atoms with E-state index in [9.17, 15) is 4.39 Å². The summed E-state index contributed by atoms with van der Waals surface area (Å²) < 4.78 is 13.1. The highest BCUT2D eigenvalue weighted by molar-refractivity contribution is 5.53. The van der Waals surface area contributed by atoms with Crippen LogP contribution in [0.2, 0.25) is 0 Å². The minimum absolute atomic E-state index is 0.156. The maximum atomic E-state index is 13.1. The fourth-order valence-corrected chi connectivity index (χ4v) is 1.43. The molecule has 0 saturated heterocycles. The first-order chi connectivity index (χ1) is 6.56. The van der Waals surface area contributed by atoms with E-state index in [1.807, 2.05) is 33.0 Å². The predicted molar refractivity (Wildman–Crippen MR) is 58.2 cm³/mol. The SMILES string of the molecule is CNC(C)c1cc(F)ccc1N(C)C. The molecule has 78 valence electrons. The van der Waals surface area contributed by atoms with E-state index in [2.05, 4.69) is 5.32 Å². The summed E-state index contributed by atoms with van der Waals surface area (Å²) in [6.45, 7) is 2.02. The van der Waals surface area contributed by atoms with Crippen molar-refractivity contribution in [3.63, 3.8) is 0 Å². The van der Waals surface area contributed by atoms with E-state index in [-0.39, 0.29) is 11.9 Å². The van der Waals surface area contributed by atoms with Gasteiger partial charge in [0.15, 0.2) is 0 Å². The number of nitrogens with zero attached hydrogens (tertiary/aromatic N) is 1. The van der Waals surface area contributed by atoms with Gasteiger partial charge in [0.1, 0.15) is 5.82 Å². The van der Waals surface area contributed by atoms with Crippen molar-refractivity contribution in [1.82, 2.24) is 5.32 Å². The number of rotatable bonds is 3. The number of halogens is 1. The predicted octanol–water partition coefficient (Wildman–Crippen LogP) is 2.17. The summed E-state index contributed by atoms with van der Waals surface area (Å²) in [7, 11) is 5.78. The van der Waals surface area contributed by atoms with Gasteiger partial charge in [-0.3, -0.25) is 0 Å². The molecule has 0 radical (unpaired) electrons. The van der Waals surface area contributed by atoms with Crippen LogP contribution in [0.3, 0.4) is 0 Å². The zero-order valence-corrected chi connectivity index (χ0v) is 9.13. The molecule has 0 saturated carbocycles. The van der Waals surface area contributed by atoms with Gasteiger partial charge in [0.2, 0.25) is 0 Å². The van der Waals surface area contributed by atoms with Crippen LogP contribution in [0.25, 0.3) is 0 Å². The summed E-state index contributed by atoms with van der Waals surface area (Å²) in [5, 5.41) is 3.11. The fourth-order valence-electron chi connectivity index (χ4n) is 1.43. The quantitative estimate of drug-likeness (QED) is 0.797. The number of anilines is 1. The third-order valence-corrected chi connectivity index (χ3v) is 2.37. The van der Waals surface area contributed by atoms with E-state index in [0.29, 0.717) is 0 Å². The molecule has 0 aliphatic rings. The summed E-state index contributed by atoms with van der Waals surface area (Å²) in [6, 6.07) is 5.03. The Morgan fingerprint density at radius 1 is 1.36 bits per heavy atom. The molecule has 1 aromatic rings. The van der Waals surface area contributed by atoms with Crippen LogP contribution in [0.15, 0.2) is 18.2 Å². The maximum Gasteiger partial charge on any atom is 0.123 e. The summed E-state index contributed by atoms with van der Waals surface area (Å²) in [4.78, 5) is 1.99. The van der Waals surface area contributed by atoms with Crippen molar-refractivity contribution in [1.29, 1.82) is 0 Å². The van der Waals surface area contributed by atoms with Gasteiger partial charge in [0.25, 0.3) is 0 Å². The molecule has 3 heteroatoms. The highest BCUT2D eigenvalue weighted by atomic mass is 19.1. The van der Waals surface area contributed by atoms with Crippen LogP contribution in [0.5, 0.6) is 0 Å². The second-order valence-electron chi connectivity index (χ2n) is 3.61. The largest absolute Gasteiger partial charge is 0.377 e. The topological polar surface area (TPSA) is 15.3 Å². The molecule has 0 aromatic heterocycles. The minimum atomic E-state index is -0.187. The Hall–Kier alpha value is -1.09. The Kier molecular flexibility index (Phi) is 3.47. The summed E-state index contributed by atoms with van der Waals surface area (Å²) in [5.74, 6) is -0.187. The van der Waals surface area contributed by atoms with Crippen LogP contribution in [-0.2, 0) is 0 Å². The normalized spacial score (nSPS) is 12.6. The lowest BCUT2D eigenvalue weighted by molar-refractivity contribution is 0.608. The van der Waals surface area contributed by atoms with Crippen molar-refractivity contribution < 1.29 is 4.39 Å². The Balaban J connectivity index is 3.15. The van der Waals surface area contributed by atoms with Crippen molar-refractivity contribution in [3.8, 4) is 0 Å². The third kappa shape index (κ3) is 2.23. The average molecular weight is 196 g/mol. The van der Waals surface area contributed by atoms with Gasteiger partial charge in [-0.15, -0.1) is 0 Å². The number of benzene rings is 1. The van der Waals surface area contributed by atoms with E-state index in [1.54, 1.807) is 12.1 Å². The van der Waals surface area contributed by atoms with Gasteiger partial charge in [0, 0.05) is 25.8 Å². The molecular weight excluding hydrogens is 179 g/mol. The molecule has 1 aromatic carbocycles. The summed E-state index contributed by atoms with van der Waals surface area (Å²) in [6.07, 6.45) is 0. The van der Waals surface area contributed by atoms with E-state index in [1.165, 1.54) is 6.07 Å². The van der Waals surface area contributed by atoms with Gasteiger partial charge in [-0.25, -0.2) is 4.39 Å². The van der Waals surface area contributed by atoms with E-state index < -0.39 is 0 Å². The second-order valence-corrected chi connectivity index (χ2v) is 3.61. The van der Waals surface area contributed by atoms with E-state index in [0.717, 1.165) is 11.3 Å². The van der Waals surface area contributed by atoms with Crippen LogP contribution in [0.1, 0.15) is 18.5 Å². The lowest BCUT2D eigenvalue weighted by Gasteiger charge is -2.21. The van der Waals surface area contributed by atoms with Crippen molar-refractivity contribution in [2.75, 3.05) is 26.0 Å². The molecular formula is C11H17FN2. The Labute approximate surface area is 84.7 Å². The van der Waals surface area contributed by atoms with Gasteiger partial charge >= 0.3 is 0 Å². The number of hydrogen-bond donors (Lipinski definition) is 1. The van der Waals surface area contributed by atoms with Crippen molar-refractivity contribution in [3.05, 3.63) is 29.6 Å². The van der Waals surface area contributed by atoms with Crippen LogP contribution in [0.4, 0.5) is 10.1 Å². The van der Waals surface area contributed by atoms with E-state index in [4.69, 9.17) is 0 Å². The highest BCUT2D eigenvalue weighted by Gasteiger charge is 2.11. The second kappa shape index (κ2) is 4.42. The molecule has 1 rings (SSSR count). The minimum Gasteiger partial charge on any atom is -0.377 e. The first kappa shape index (κ1) is 11.0. The van der Waals surface area contributed by atoms with Crippen LogP contribution in [-0.4, -0.2) is 21.1 Å². The van der Waals surface area contributed by atoms with Gasteiger partial charge in [-0.05, 0) is 37.7 Å². The molecule has 2 nitrogen and oxygen atoms in total. The molecule has 0 amide bonds. The monoisotopic (exact) mass is 196 g/mol. The zero-order valence-electron chi connectivity index (χ0n) is 9.13. The highest BCUT2D eigenvalue weighted by Crippen LogP contribution is 2.25. The smallest absolute Gasteiger partial charge is 0.123 e. The molecule has 1 N–H and O–H groups in total. The first-order valence-corrected chi connectivity index (χ1v) is 4.70. The molecule has 1 unspecified atom stereocenters. The van der Waals surface area contributed by atoms with Crippen molar-refractivity contribution >= 4 is 5.69 Å². The Bertz CT molecular complexity index is 310. The Morgan fingerprint density at radius 3 is 2.50 bits per heavy atom. The fraction of sp³-hybridized carbons (Fsp3) is 0.455. The molecule has 14 heavy (non-hydrogen) atoms. The van der Waals surface area contributed by atoms with Gasteiger partial charge in [-0.1, -0.05) is 0 Å². The molecule has 0 fully saturated rings. The molecule has 1 atom stereocenters.